The van der Waals surface area contributed by atoms with Crippen LogP contribution in [0.25, 0.3) is 11.4 Å². The zero-order valence-corrected chi connectivity index (χ0v) is 14.2. The summed E-state index contributed by atoms with van der Waals surface area (Å²) in [7, 11) is 0. The second-order valence-electron chi connectivity index (χ2n) is 5.32. The molecule has 0 fully saturated rings. The molecule has 0 atom stereocenters. The number of hydrogen-bond acceptors (Lipinski definition) is 2. The monoisotopic (exact) mass is 435 g/mol. The molecule has 0 N–H and O–H groups in total. The van der Waals surface area contributed by atoms with Gasteiger partial charge in [-0.25, -0.2) is 0 Å². The van der Waals surface area contributed by atoms with Gasteiger partial charge in [-0.2, -0.15) is 5.10 Å². The van der Waals surface area contributed by atoms with Crippen LogP contribution in [0.2, 0.25) is 0 Å². The van der Waals surface area contributed by atoms with Crippen molar-refractivity contribution in [1.29, 1.82) is 0 Å². The quantitative estimate of drug-likeness (QED) is 0.690. The fraction of sp³-hybridized carbons (Fsp3) is 0.467. The van der Waals surface area contributed by atoms with Crippen LogP contribution in [-0.4, -0.2) is 14.8 Å². The van der Waals surface area contributed by atoms with Crippen molar-refractivity contribution >= 4 is 0 Å². The molecule has 0 spiro atoms. The van der Waals surface area contributed by atoms with Gasteiger partial charge >= 0.3 is 0 Å². The first kappa shape index (κ1) is 16.1. The molecular formula is C15H20IrN3-. The van der Waals surface area contributed by atoms with E-state index in [1.807, 2.05) is 24.3 Å². The number of nitrogens with zero attached hydrogens (tertiary/aromatic N) is 3. The third kappa shape index (κ3) is 3.74. The first-order valence-electron chi connectivity index (χ1n) is 6.49. The molecule has 0 saturated carbocycles. The van der Waals surface area contributed by atoms with Gasteiger partial charge in [0.1, 0.15) is 5.82 Å². The zero-order chi connectivity index (χ0) is 13.1. The average Bonchev–Trinajstić information content (AvgIpc) is 2.73. The Kier molecular flexibility index (Phi) is 5.89. The van der Waals surface area contributed by atoms with Crippen LogP contribution >= 0.6 is 0 Å². The summed E-state index contributed by atoms with van der Waals surface area (Å²) in [6, 6.07) is 11.2. The number of benzene rings is 1. The molecule has 2 rings (SSSR count). The Morgan fingerprint density at radius 1 is 1.16 bits per heavy atom. The zero-order valence-electron chi connectivity index (χ0n) is 11.8. The fourth-order valence-corrected chi connectivity index (χ4v) is 2.02. The summed E-state index contributed by atoms with van der Waals surface area (Å²) >= 11 is 0. The molecule has 0 aliphatic carbocycles. The Morgan fingerprint density at radius 3 is 2.42 bits per heavy atom. The van der Waals surface area contributed by atoms with E-state index in [4.69, 9.17) is 0 Å². The van der Waals surface area contributed by atoms with Gasteiger partial charge in [-0.3, -0.25) is 0 Å². The minimum atomic E-state index is 0. The Bertz CT molecular complexity index is 503. The summed E-state index contributed by atoms with van der Waals surface area (Å²) in [6.07, 6.45) is 0. The van der Waals surface area contributed by atoms with Crippen molar-refractivity contribution in [2.75, 3.05) is 0 Å². The van der Waals surface area contributed by atoms with Crippen molar-refractivity contribution in [3.63, 3.8) is 0 Å². The van der Waals surface area contributed by atoms with Gasteiger partial charge in [0.15, 0.2) is 0 Å². The van der Waals surface area contributed by atoms with E-state index in [0.29, 0.717) is 11.8 Å². The molecule has 4 heteroatoms. The van der Waals surface area contributed by atoms with Crippen LogP contribution in [0.15, 0.2) is 24.3 Å². The van der Waals surface area contributed by atoms with Crippen molar-refractivity contribution < 1.29 is 20.1 Å². The standard InChI is InChI=1S/C15H20N3.Ir/c1-11(2)10-18-14(12(3)4)16-17-15(18)13-8-6-5-7-9-13;/h5-8,11-12H,10H2,1-4H3;/q-1;. The molecule has 105 valence electrons. The van der Waals surface area contributed by atoms with Crippen LogP contribution < -0.4 is 0 Å². The van der Waals surface area contributed by atoms with E-state index in [1.165, 1.54) is 0 Å². The SMILES string of the molecule is CC(C)Cn1c(-c2[c-]cccc2)nnc1C(C)C.[Ir]. The topological polar surface area (TPSA) is 30.7 Å². The summed E-state index contributed by atoms with van der Waals surface area (Å²) in [6.45, 7) is 9.67. The molecule has 3 nitrogen and oxygen atoms in total. The molecule has 0 aliphatic rings. The molecule has 0 saturated heterocycles. The molecular weight excluding hydrogens is 414 g/mol. The molecule has 0 aliphatic heterocycles. The number of hydrogen-bond donors (Lipinski definition) is 0. The Morgan fingerprint density at radius 2 is 1.89 bits per heavy atom. The Balaban J connectivity index is 0.00000180. The maximum Gasteiger partial charge on any atom is 0.126 e. The van der Waals surface area contributed by atoms with Crippen molar-refractivity contribution in [1.82, 2.24) is 14.8 Å². The maximum absolute atomic E-state index is 4.34. The summed E-state index contributed by atoms with van der Waals surface area (Å²) < 4.78 is 2.22. The van der Waals surface area contributed by atoms with Crippen LogP contribution in [0.4, 0.5) is 0 Å². The largest absolute Gasteiger partial charge is 0.351 e. The molecule has 0 amide bonds. The number of aromatic nitrogens is 3. The van der Waals surface area contributed by atoms with E-state index in [0.717, 1.165) is 23.8 Å². The fourth-order valence-electron chi connectivity index (χ4n) is 2.02. The van der Waals surface area contributed by atoms with Gasteiger partial charge in [0.05, 0.1) is 5.82 Å². The first-order chi connectivity index (χ1) is 8.59. The molecule has 1 heterocycles. The van der Waals surface area contributed by atoms with Gasteiger partial charge in [-0.05, 0) is 5.92 Å². The van der Waals surface area contributed by atoms with E-state index in [-0.39, 0.29) is 20.1 Å². The van der Waals surface area contributed by atoms with Gasteiger partial charge in [-0.15, -0.1) is 41.0 Å². The van der Waals surface area contributed by atoms with Gasteiger partial charge in [0.2, 0.25) is 0 Å². The van der Waals surface area contributed by atoms with Crippen molar-refractivity contribution in [3.8, 4) is 11.4 Å². The van der Waals surface area contributed by atoms with E-state index < -0.39 is 0 Å². The van der Waals surface area contributed by atoms with E-state index >= 15 is 0 Å². The minimum absolute atomic E-state index is 0. The van der Waals surface area contributed by atoms with E-state index in [9.17, 15) is 0 Å². The molecule has 2 aromatic rings. The van der Waals surface area contributed by atoms with Crippen LogP contribution in [-0.2, 0) is 26.7 Å². The Labute approximate surface area is 128 Å². The third-order valence-corrected chi connectivity index (χ3v) is 2.79. The third-order valence-electron chi connectivity index (χ3n) is 2.79. The van der Waals surface area contributed by atoms with Gasteiger partial charge < -0.3 is 4.57 Å². The van der Waals surface area contributed by atoms with Gasteiger partial charge in [-0.1, -0.05) is 27.7 Å². The molecule has 1 radical (unpaired) electrons. The second kappa shape index (κ2) is 6.97. The maximum atomic E-state index is 4.34. The predicted molar refractivity (Wildman–Crippen MR) is 73.2 cm³/mol. The molecule has 1 aromatic carbocycles. The Hall–Kier alpha value is -0.991. The van der Waals surface area contributed by atoms with Crippen molar-refractivity contribution in [2.24, 2.45) is 5.92 Å². The van der Waals surface area contributed by atoms with E-state index in [2.05, 4.69) is 48.5 Å². The normalized spacial score (nSPS) is 10.8. The van der Waals surface area contributed by atoms with Crippen molar-refractivity contribution in [3.05, 3.63) is 36.2 Å². The van der Waals surface area contributed by atoms with Crippen LogP contribution in [0.3, 0.4) is 0 Å². The average molecular weight is 435 g/mol. The molecule has 1 aromatic heterocycles. The molecule has 19 heavy (non-hydrogen) atoms. The summed E-state index contributed by atoms with van der Waals surface area (Å²) in [5, 5.41) is 8.68. The van der Waals surface area contributed by atoms with E-state index in [1.54, 1.807) is 0 Å². The smallest absolute Gasteiger partial charge is 0.126 e. The summed E-state index contributed by atoms with van der Waals surface area (Å²) in [5.74, 6) is 2.93. The summed E-state index contributed by atoms with van der Waals surface area (Å²) in [4.78, 5) is 0. The van der Waals surface area contributed by atoms with Gasteiger partial charge in [0, 0.05) is 32.6 Å². The first-order valence-corrected chi connectivity index (χ1v) is 6.49. The van der Waals surface area contributed by atoms with Crippen LogP contribution in [0.5, 0.6) is 0 Å². The number of rotatable bonds is 4. The second-order valence-corrected chi connectivity index (χ2v) is 5.32. The minimum Gasteiger partial charge on any atom is -0.351 e. The molecule has 0 unspecified atom stereocenters. The van der Waals surface area contributed by atoms with Crippen LogP contribution in [0.1, 0.15) is 39.4 Å². The molecule has 0 bridgehead atoms. The van der Waals surface area contributed by atoms with Gasteiger partial charge in [0.25, 0.3) is 0 Å². The van der Waals surface area contributed by atoms with Crippen molar-refractivity contribution in [2.45, 2.75) is 40.2 Å². The summed E-state index contributed by atoms with van der Waals surface area (Å²) in [5.41, 5.74) is 1.01. The predicted octanol–water partition coefficient (Wildman–Crippen LogP) is 3.52. The van der Waals surface area contributed by atoms with Crippen LogP contribution in [0, 0.1) is 12.0 Å².